The lowest BCUT2D eigenvalue weighted by Crippen LogP contribution is -2.29. The number of ether oxygens (including phenoxy) is 1. The second kappa shape index (κ2) is 6.76. The van der Waals surface area contributed by atoms with Gasteiger partial charge in [0.1, 0.15) is 11.4 Å². The summed E-state index contributed by atoms with van der Waals surface area (Å²) < 4.78 is 7.01. The lowest BCUT2D eigenvalue weighted by Gasteiger charge is -2.18. The summed E-state index contributed by atoms with van der Waals surface area (Å²) in [6.45, 7) is 6.12. The molecule has 0 unspecified atom stereocenters. The zero-order valence-corrected chi connectivity index (χ0v) is 15.7. The predicted molar refractivity (Wildman–Crippen MR) is 105 cm³/mol. The maximum atomic E-state index is 13.0. The van der Waals surface area contributed by atoms with Gasteiger partial charge in [0.05, 0.1) is 17.5 Å². The fourth-order valence-corrected chi connectivity index (χ4v) is 3.64. The molecule has 0 fully saturated rings. The molecule has 0 saturated carbocycles. The molecule has 4 nitrogen and oxygen atoms in total. The molecule has 1 aromatic heterocycles. The Kier molecular flexibility index (Phi) is 4.68. The normalized spacial score (nSPS) is 11.4. The maximum absolute atomic E-state index is 13.0. The summed E-state index contributed by atoms with van der Waals surface area (Å²) in [5.74, 6) is 0.784. The van der Waals surface area contributed by atoms with Crippen LogP contribution in [0.15, 0.2) is 59.4 Å². The van der Waals surface area contributed by atoms with E-state index >= 15 is 0 Å². The summed E-state index contributed by atoms with van der Waals surface area (Å²) >= 11 is 1.49. The Balaban J connectivity index is 2.10. The first-order valence-electron chi connectivity index (χ1n) is 8.13. The molecule has 2 aromatic carbocycles. The molecule has 0 bridgehead atoms. The fraction of sp³-hybridized carbons (Fsp3) is 0.250. The van der Waals surface area contributed by atoms with Gasteiger partial charge in [-0.15, -0.1) is 0 Å². The predicted octanol–water partition coefficient (Wildman–Crippen LogP) is 5.08. The molecule has 0 aliphatic carbocycles. The minimum atomic E-state index is -0.273. The Bertz CT molecular complexity index is 904. The highest BCUT2D eigenvalue weighted by Gasteiger charge is 2.23. The monoisotopic (exact) mass is 354 g/mol. The second-order valence-corrected chi connectivity index (χ2v) is 7.74. The zero-order valence-electron chi connectivity index (χ0n) is 14.9. The van der Waals surface area contributed by atoms with E-state index in [0.717, 1.165) is 21.9 Å². The van der Waals surface area contributed by atoms with Gasteiger partial charge in [0.25, 0.3) is 5.56 Å². The number of nitrogens with zero attached hydrogens (tertiary/aromatic N) is 1. The van der Waals surface area contributed by atoms with Gasteiger partial charge in [-0.05, 0) is 50.6 Å². The Labute approximate surface area is 151 Å². The van der Waals surface area contributed by atoms with E-state index in [1.165, 1.54) is 11.5 Å². The molecule has 0 atom stereocenters. The molecule has 5 heteroatoms. The fourth-order valence-electron chi connectivity index (χ4n) is 2.53. The molecule has 0 saturated heterocycles. The van der Waals surface area contributed by atoms with E-state index in [0.29, 0.717) is 5.69 Å². The number of anilines is 2. The summed E-state index contributed by atoms with van der Waals surface area (Å²) in [7, 11) is 1.64. The lowest BCUT2D eigenvalue weighted by molar-refractivity contribution is 0.415. The number of nitrogens with one attached hydrogen (secondary N) is 1. The highest BCUT2D eigenvalue weighted by atomic mass is 32.1. The number of hydrogen-bond acceptors (Lipinski definition) is 4. The molecule has 3 rings (SSSR count). The highest BCUT2D eigenvalue weighted by Crippen LogP contribution is 2.34. The summed E-state index contributed by atoms with van der Waals surface area (Å²) in [5, 5.41) is 3.30. The van der Waals surface area contributed by atoms with Crippen molar-refractivity contribution in [2.24, 2.45) is 0 Å². The van der Waals surface area contributed by atoms with Crippen molar-refractivity contribution in [2.45, 2.75) is 26.3 Å². The third-order valence-electron chi connectivity index (χ3n) is 3.81. The van der Waals surface area contributed by atoms with Crippen molar-refractivity contribution in [3.05, 3.63) is 65.0 Å². The van der Waals surface area contributed by atoms with E-state index < -0.39 is 0 Å². The molecule has 1 heterocycles. The van der Waals surface area contributed by atoms with Crippen LogP contribution >= 0.6 is 11.5 Å². The smallest absolute Gasteiger partial charge is 0.285 e. The summed E-state index contributed by atoms with van der Waals surface area (Å²) in [4.78, 5) is 14.0. The van der Waals surface area contributed by atoms with Crippen LogP contribution in [-0.4, -0.2) is 11.1 Å². The SMILES string of the molecule is COc1ccc(Nc2c(-c3ccccc3)sn(C(C)(C)C)c2=O)cc1. The molecular formula is C20H22N2O2S. The van der Waals surface area contributed by atoms with Crippen LogP contribution in [0.25, 0.3) is 10.4 Å². The average molecular weight is 354 g/mol. The quantitative estimate of drug-likeness (QED) is 0.710. The second-order valence-electron chi connectivity index (χ2n) is 6.79. The van der Waals surface area contributed by atoms with E-state index in [1.54, 1.807) is 7.11 Å². The van der Waals surface area contributed by atoms with Gasteiger partial charge < -0.3 is 10.1 Å². The van der Waals surface area contributed by atoms with E-state index in [2.05, 4.69) is 5.32 Å². The number of aromatic nitrogens is 1. The van der Waals surface area contributed by atoms with Gasteiger partial charge in [0.2, 0.25) is 0 Å². The Morgan fingerprint density at radius 1 is 1.00 bits per heavy atom. The third-order valence-corrected chi connectivity index (χ3v) is 5.33. The van der Waals surface area contributed by atoms with Crippen LogP contribution in [0.1, 0.15) is 20.8 Å². The van der Waals surface area contributed by atoms with E-state index in [4.69, 9.17) is 4.74 Å². The van der Waals surface area contributed by atoms with Gasteiger partial charge in [-0.2, -0.15) is 0 Å². The third kappa shape index (κ3) is 3.61. The highest BCUT2D eigenvalue weighted by molar-refractivity contribution is 7.11. The standard InChI is InChI=1S/C20H22N2O2S/c1-20(2,3)22-19(23)17(18(25-22)14-8-6-5-7-9-14)21-15-10-12-16(24-4)13-11-15/h5-13,21H,1-4H3. The maximum Gasteiger partial charge on any atom is 0.285 e. The minimum absolute atomic E-state index is 0.00725. The topological polar surface area (TPSA) is 43.3 Å². The van der Waals surface area contributed by atoms with Crippen molar-refractivity contribution in [2.75, 3.05) is 12.4 Å². The van der Waals surface area contributed by atoms with Gasteiger partial charge in [0, 0.05) is 5.69 Å². The lowest BCUT2D eigenvalue weighted by atomic mass is 10.1. The van der Waals surface area contributed by atoms with Crippen LogP contribution in [0.3, 0.4) is 0 Å². The first-order valence-corrected chi connectivity index (χ1v) is 8.91. The molecule has 25 heavy (non-hydrogen) atoms. The summed E-state index contributed by atoms with van der Waals surface area (Å²) in [6, 6.07) is 17.6. The van der Waals surface area contributed by atoms with Crippen LogP contribution in [-0.2, 0) is 5.54 Å². The molecular weight excluding hydrogens is 332 g/mol. The van der Waals surface area contributed by atoms with Gasteiger partial charge in [-0.25, -0.2) is 0 Å². The number of benzene rings is 2. The molecule has 3 aromatic rings. The van der Waals surface area contributed by atoms with Crippen LogP contribution in [0.4, 0.5) is 11.4 Å². The largest absolute Gasteiger partial charge is 0.497 e. The summed E-state index contributed by atoms with van der Waals surface area (Å²) in [6.07, 6.45) is 0. The van der Waals surface area contributed by atoms with Crippen molar-refractivity contribution in [3.8, 4) is 16.2 Å². The Morgan fingerprint density at radius 2 is 1.64 bits per heavy atom. The molecule has 0 spiro atoms. The van der Waals surface area contributed by atoms with Crippen molar-refractivity contribution in [3.63, 3.8) is 0 Å². The zero-order chi connectivity index (χ0) is 18.0. The van der Waals surface area contributed by atoms with Gasteiger partial charge in [-0.1, -0.05) is 41.9 Å². The molecule has 0 radical (unpaired) electrons. The van der Waals surface area contributed by atoms with Crippen molar-refractivity contribution >= 4 is 22.9 Å². The van der Waals surface area contributed by atoms with Crippen LogP contribution in [0.2, 0.25) is 0 Å². The Hall–Kier alpha value is -2.53. The Morgan fingerprint density at radius 3 is 2.20 bits per heavy atom. The summed E-state index contributed by atoms with van der Waals surface area (Å²) in [5.41, 5.74) is 2.21. The van der Waals surface area contributed by atoms with Crippen LogP contribution < -0.4 is 15.6 Å². The minimum Gasteiger partial charge on any atom is -0.497 e. The van der Waals surface area contributed by atoms with Crippen LogP contribution in [0, 0.1) is 0 Å². The molecule has 130 valence electrons. The first kappa shape index (κ1) is 17.3. The average Bonchev–Trinajstić information content (AvgIpc) is 2.93. The molecule has 1 N–H and O–H groups in total. The van der Waals surface area contributed by atoms with E-state index in [1.807, 2.05) is 79.3 Å². The van der Waals surface area contributed by atoms with E-state index in [-0.39, 0.29) is 11.1 Å². The van der Waals surface area contributed by atoms with Crippen LogP contribution in [0.5, 0.6) is 5.75 Å². The van der Waals surface area contributed by atoms with Crippen molar-refractivity contribution in [1.29, 1.82) is 0 Å². The number of methoxy groups -OCH3 is 1. The number of rotatable bonds is 4. The van der Waals surface area contributed by atoms with Crippen molar-refractivity contribution < 1.29 is 4.74 Å². The number of hydrogen-bond donors (Lipinski definition) is 1. The molecule has 0 aliphatic heterocycles. The van der Waals surface area contributed by atoms with E-state index in [9.17, 15) is 4.79 Å². The molecule has 0 aliphatic rings. The van der Waals surface area contributed by atoms with Gasteiger partial charge in [-0.3, -0.25) is 8.75 Å². The molecule has 0 amide bonds. The van der Waals surface area contributed by atoms with Gasteiger partial charge >= 0.3 is 0 Å². The first-order chi connectivity index (χ1) is 11.9. The van der Waals surface area contributed by atoms with Gasteiger partial charge in [0.15, 0.2) is 0 Å². The van der Waals surface area contributed by atoms with Crippen molar-refractivity contribution in [1.82, 2.24) is 3.96 Å².